The molecule has 0 aliphatic carbocycles. The third kappa shape index (κ3) is 3.68. The molecule has 3 aromatic rings. The number of rotatable bonds is 6. The summed E-state index contributed by atoms with van der Waals surface area (Å²) < 4.78 is 2.33. The highest BCUT2D eigenvalue weighted by molar-refractivity contribution is 5.76. The van der Waals surface area contributed by atoms with Crippen molar-refractivity contribution in [3.63, 3.8) is 0 Å². The topological polar surface area (TPSA) is 43.8 Å². The maximum absolute atomic E-state index is 6.37. The molecule has 0 fully saturated rings. The van der Waals surface area contributed by atoms with Gasteiger partial charge >= 0.3 is 0 Å². The van der Waals surface area contributed by atoms with Gasteiger partial charge in [-0.05, 0) is 42.5 Å². The molecule has 2 N–H and O–H groups in total. The predicted molar refractivity (Wildman–Crippen MR) is 101 cm³/mol. The van der Waals surface area contributed by atoms with Crippen molar-refractivity contribution in [3.05, 3.63) is 65.5 Å². The van der Waals surface area contributed by atoms with Crippen molar-refractivity contribution in [3.8, 4) is 0 Å². The first-order chi connectivity index (χ1) is 11.5. The van der Waals surface area contributed by atoms with Crippen LogP contribution in [0.2, 0.25) is 0 Å². The van der Waals surface area contributed by atoms with Crippen molar-refractivity contribution < 1.29 is 0 Å². The van der Waals surface area contributed by atoms with Crippen LogP contribution < -0.4 is 5.73 Å². The van der Waals surface area contributed by atoms with Crippen LogP contribution in [-0.2, 0) is 13.0 Å². The van der Waals surface area contributed by atoms with Gasteiger partial charge in [-0.1, -0.05) is 50.2 Å². The molecule has 3 nitrogen and oxygen atoms in total. The van der Waals surface area contributed by atoms with Crippen molar-refractivity contribution in [2.45, 2.75) is 46.2 Å². The molecule has 3 heteroatoms. The number of imidazole rings is 1. The summed E-state index contributed by atoms with van der Waals surface area (Å²) in [6.07, 6.45) is 1.84. The van der Waals surface area contributed by atoms with Crippen molar-refractivity contribution in [1.82, 2.24) is 9.55 Å². The van der Waals surface area contributed by atoms with Gasteiger partial charge < -0.3 is 10.3 Å². The van der Waals surface area contributed by atoms with E-state index >= 15 is 0 Å². The molecule has 3 rings (SSSR count). The van der Waals surface area contributed by atoms with Gasteiger partial charge in [-0.2, -0.15) is 0 Å². The van der Waals surface area contributed by atoms with Crippen molar-refractivity contribution in [2.24, 2.45) is 11.7 Å². The number of aryl methyl sites for hydroxylation is 1. The zero-order valence-electron chi connectivity index (χ0n) is 14.9. The number of para-hydroxylation sites is 2. The number of benzene rings is 2. The van der Waals surface area contributed by atoms with Crippen LogP contribution in [0.4, 0.5) is 0 Å². The quantitative estimate of drug-likeness (QED) is 0.735. The van der Waals surface area contributed by atoms with Crippen molar-refractivity contribution in [1.29, 1.82) is 0 Å². The normalized spacial score (nSPS) is 12.9. The van der Waals surface area contributed by atoms with E-state index in [4.69, 9.17) is 10.7 Å². The van der Waals surface area contributed by atoms with Gasteiger partial charge in [0.2, 0.25) is 0 Å². The summed E-state index contributed by atoms with van der Waals surface area (Å²) in [4.78, 5) is 4.87. The van der Waals surface area contributed by atoms with Gasteiger partial charge in [-0.15, -0.1) is 0 Å². The van der Waals surface area contributed by atoms with E-state index < -0.39 is 0 Å². The van der Waals surface area contributed by atoms with Crippen LogP contribution >= 0.6 is 0 Å². The fraction of sp³-hybridized carbons (Fsp3) is 0.381. The molecule has 1 heterocycles. The van der Waals surface area contributed by atoms with E-state index in [0.717, 1.165) is 30.7 Å². The van der Waals surface area contributed by atoms with E-state index in [1.807, 2.05) is 6.07 Å². The van der Waals surface area contributed by atoms with E-state index in [9.17, 15) is 0 Å². The summed E-state index contributed by atoms with van der Waals surface area (Å²) >= 11 is 0. The maximum atomic E-state index is 6.37. The molecule has 0 saturated carbocycles. The summed E-state index contributed by atoms with van der Waals surface area (Å²) in [6.45, 7) is 7.45. The molecule has 126 valence electrons. The van der Waals surface area contributed by atoms with Crippen LogP contribution in [-0.4, -0.2) is 15.6 Å². The standard InChI is InChI=1S/C21H27N3/c1-15(2)12-18(22)13-21-23-19-10-6-7-11-20(19)24(21)14-17-9-5-4-8-16(17)3/h4-11,15,18H,12-14,22H2,1-3H3. The van der Waals surface area contributed by atoms with E-state index in [2.05, 4.69) is 67.8 Å². The Balaban J connectivity index is 1.97. The lowest BCUT2D eigenvalue weighted by molar-refractivity contribution is 0.481. The molecule has 2 aromatic carbocycles. The van der Waals surface area contributed by atoms with E-state index in [-0.39, 0.29) is 6.04 Å². The van der Waals surface area contributed by atoms with Gasteiger partial charge in [0.15, 0.2) is 0 Å². The fourth-order valence-electron chi connectivity index (χ4n) is 3.34. The Bertz CT molecular complexity index is 817. The highest BCUT2D eigenvalue weighted by atomic mass is 15.1. The zero-order valence-corrected chi connectivity index (χ0v) is 14.9. The number of hydrogen-bond acceptors (Lipinski definition) is 2. The molecule has 0 amide bonds. The van der Waals surface area contributed by atoms with Crippen LogP contribution in [0.1, 0.15) is 37.2 Å². The molecule has 1 atom stereocenters. The second-order valence-corrected chi connectivity index (χ2v) is 7.12. The summed E-state index contributed by atoms with van der Waals surface area (Å²) in [5.41, 5.74) is 11.3. The number of nitrogens with zero attached hydrogens (tertiary/aromatic N) is 2. The second-order valence-electron chi connectivity index (χ2n) is 7.12. The Morgan fingerprint density at radius 3 is 2.50 bits per heavy atom. The minimum atomic E-state index is 0.150. The zero-order chi connectivity index (χ0) is 17.1. The summed E-state index contributed by atoms with van der Waals surface area (Å²) in [7, 11) is 0. The van der Waals surface area contributed by atoms with Crippen LogP contribution in [0.15, 0.2) is 48.5 Å². The highest BCUT2D eigenvalue weighted by Crippen LogP contribution is 2.21. The minimum Gasteiger partial charge on any atom is -0.327 e. The smallest absolute Gasteiger partial charge is 0.111 e. The molecule has 1 aromatic heterocycles. The second kappa shape index (κ2) is 7.18. The van der Waals surface area contributed by atoms with Gasteiger partial charge in [-0.3, -0.25) is 0 Å². The monoisotopic (exact) mass is 321 g/mol. The van der Waals surface area contributed by atoms with Crippen LogP contribution in [0.25, 0.3) is 11.0 Å². The Labute approximate surface area is 144 Å². The van der Waals surface area contributed by atoms with Crippen LogP contribution in [0.5, 0.6) is 0 Å². The van der Waals surface area contributed by atoms with E-state index in [0.29, 0.717) is 5.92 Å². The molecule has 0 saturated heterocycles. The minimum absolute atomic E-state index is 0.150. The maximum Gasteiger partial charge on any atom is 0.111 e. The largest absolute Gasteiger partial charge is 0.327 e. The molecule has 0 radical (unpaired) electrons. The molecule has 0 spiro atoms. The van der Waals surface area contributed by atoms with E-state index in [1.165, 1.54) is 16.6 Å². The Kier molecular flexibility index (Phi) is 5.00. The molecule has 0 aliphatic rings. The first-order valence-electron chi connectivity index (χ1n) is 8.79. The van der Waals surface area contributed by atoms with Gasteiger partial charge in [0, 0.05) is 19.0 Å². The number of nitrogens with two attached hydrogens (primary N) is 1. The first kappa shape index (κ1) is 16.7. The lowest BCUT2D eigenvalue weighted by Crippen LogP contribution is -2.26. The van der Waals surface area contributed by atoms with Gasteiger partial charge in [-0.25, -0.2) is 4.98 Å². The van der Waals surface area contributed by atoms with Crippen molar-refractivity contribution in [2.75, 3.05) is 0 Å². The number of fused-ring (bicyclic) bond motifs is 1. The SMILES string of the molecule is Cc1ccccc1Cn1c(CC(N)CC(C)C)nc2ccccc21. The third-order valence-corrected chi connectivity index (χ3v) is 4.54. The fourth-order valence-corrected chi connectivity index (χ4v) is 3.34. The van der Waals surface area contributed by atoms with Crippen molar-refractivity contribution >= 4 is 11.0 Å². The van der Waals surface area contributed by atoms with Gasteiger partial charge in [0.25, 0.3) is 0 Å². The molecular formula is C21H27N3. The van der Waals surface area contributed by atoms with Gasteiger partial charge in [0.05, 0.1) is 11.0 Å². The lowest BCUT2D eigenvalue weighted by atomic mass is 10.0. The average Bonchev–Trinajstić information content (AvgIpc) is 2.86. The Morgan fingerprint density at radius 1 is 1.04 bits per heavy atom. The van der Waals surface area contributed by atoms with Gasteiger partial charge in [0.1, 0.15) is 5.82 Å². The summed E-state index contributed by atoms with van der Waals surface area (Å²) in [5.74, 6) is 1.70. The third-order valence-electron chi connectivity index (χ3n) is 4.54. The lowest BCUT2D eigenvalue weighted by Gasteiger charge is -2.16. The average molecular weight is 321 g/mol. The Hall–Kier alpha value is -2.13. The Morgan fingerprint density at radius 2 is 1.75 bits per heavy atom. The summed E-state index contributed by atoms with van der Waals surface area (Å²) in [6, 6.07) is 17.1. The van der Waals surface area contributed by atoms with Crippen LogP contribution in [0.3, 0.4) is 0 Å². The molecule has 1 unspecified atom stereocenters. The molecule has 24 heavy (non-hydrogen) atoms. The number of hydrogen-bond donors (Lipinski definition) is 1. The van der Waals surface area contributed by atoms with E-state index in [1.54, 1.807) is 0 Å². The summed E-state index contributed by atoms with van der Waals surface area (Å²) in [5, 5.41) is 0. The van der Waals surface area contributed by atoms with Crippen LogP contribution in [0, 0.1) is 12.8 Å². The molecule has 0 aliphatic heterocycles. The highest BCUT2D eigenvalue weighted by Gasteiger charge is 2.15. The predicted octanol–water partition coefficient (Wildman–Crippen LogP) is 4.31. The first-order valence-corrected chi connectivity index (χ1v) is 8.79. The molecule has 0 bridgehead atoms. The molecular weight excluding hydrogens is 294 g/mol. The number of aromatic nitrogens is 2.